The number of aromatic nitrogens is 3. The molecule has 1 N–H and O–H groups in total. The molecular weight excluding hydrogens is 301 g/mol. The average molecular weight is 313 g/mol. The molecule has 0 spiro atoms. The SMILES string of the molecule is COc1cccc(-c2c(C(=O)O)nnn2-c2cccc(F)c2)c1. The summed E-state index contributed by atoms with van der Waals surface area (Å²) in [6, 6.07) is 12.5. The van der Waals surface area contributed by atoms with Gasteiger partial charge in [0.15, 0.2) is 5.69 Å². The summed E-state index contributed by atoms with van der Waals surface area (Å²) >= 11 is 0. The van der Waals surface area contributed by atoms with Gasteiger partial charge >= 0.3 is 5.97 Å². The molecule has 0 atom stereocenters. The zero-order chi connectivity index (χ0) is 16.4. The largest absolute Gasteiger partial charge is 0.497 e. The summed E-state index contributed by atoms with van der Waals surface area (Å²) in [6.07, 6.45) is 0. The molecule has 0 saturated carbocycles. The predicted octanol–water partition coefficient (Wildman–Crippen LogP) is 2.78. The van der Waals surface area contributed by atoms with E-state index in [0.717, 1.165) is 0 Å². The number of halogens is 1. The molecule has 7 heteroatoms. The number of carboxylic acid groups (broad SMARTS) is 1. The van der Waals surface area contributed by atoms with Crippen molar-refractivity contribution < 1.29 is 19.0 Å². The quantitative estimate of drug-likeness (QED) is 0.801. The maximum Gasteiger partial charge on any atom is 0.358 e. The van der Waals surface area contributed by atoms with E-state index in [0.29, 0.717) is 17.0 Å². The van der Waals surface area contributed by atoms with Crippen LogP contribution in [-0.2, 0) is 0 Å². The number of carbonyl (C=O) groups is 1. The molecule has 0 radical (unpaired) electrons. The average Bonchev–Trinajstić information content (AvgIpc) is 3.00. The van der Waals surface area contributed by atoms with Crippen molar-refractivity contribution in [3.8, 4) is 22.7 Å². The molecule has 1 heterocycles. The summed E-state index contributed by atoms with van der Waals surface area (Å²) in [7, 11) is 1.51. The molecule has 1 aromatic heterocycles. The van der Waals surface area contributed by atoms with Crippen LogP contribution in [0.4, 0.5) is 4.39 Å². The van der Waals surface area contributed by atoms with Crippen LogP contribution in [-0.4, -0.2) is 33.2 Å². The first-order valence-electron chi connectivity index (χ1n) is 6.69. The molecule has 0 unspecified atom stereocenters. The Balaban J connectivity index is 2.24. The highest BCUT2D eigenvalue weighted by molar-refractivity contribution is 5.93. The smallest absolute Gasteiger partial charge is 0.358 e. The van der Waals surface area contributed by atoms with Crippen LogP contribution in [0.25, 0.3) is 16.9 Å². The Bertz CT molecular complexity index is 877. The van der Waals surface area contributed by atoms with Crippen LogP contribution < -0.4 is 4.74 Å². The van der Waals surface area contributed by atoms with Gasteiger partial charge in [-0.05, 0) is 30.3 Å². The molecule has 2 aromatic carbocycles. The van der Waals surface area contributed by atoms with E-state index in [1.807, 2.05) is 0 Å². The van der Waals surface area contributed by atoms with Crippen LogP contribution in [0.5, 0.6) is 5.75 Å². The van der Waals surface area contributed by atoms with Crippen LogP contribution in [0.2, 0.25) is 0 Å². The Morgan fingerprint density at radius 3 is 2.70 bits per heavy atom. The van der Waals surface area contributed by atoms with Crippen LogP contribution in [0.3, 0.4) is 0 Å². The highest BCUT2D eigenvalue weighted by atomic mass is 19.1. The lowest BCUT2D eigenvalue weighted by molar-refractivity contribution is 0.0691. The number of carboxylic acids is 1. The highest BCUT2D eigenvalue weighted by Gasteiger charge is 2.22. The van der Waals surface area contributed by atoms with Gasteiger partial charge in [0.25, 0.3) is 0 Å². The van der Waals surface area contributed by atoms with E-state index in [2.05, 4.69) is 10.3 Å². The summed E-state index contributed by atoms with van der Waals surface area (Å²) in [6.45, 7) is 0. The summed E-state index contributed by atoms with van der Waals surface area (Å²) in [5.41, 5.74) is 0.961. The van der Waals surface area contributed by atoms with Crippen molar-refractivity contribution in [2.75, 3.05) is 7.11 Å². The minimum absolute atomic E-state index is 0.220. The molecule has 0 fully saturated rings. The van der Waals surface area contributed by atoms with Gasteiger partial charge in [-0.2, -0.15) is 0 Å². The van der Waals surface area contributed by atoms with Gasteiger partial charge in [-0.15, -0.1) is 5.10 Å². The van der Waals surface area contributed by atoms with E-state index in [-0.39, 0.29) is 11.4 Å². The van der Waals surface area contributed by atoms with Crippen molar-refractivity contribution in [3.63, 3.8) is 0 Å². The number of nitrogens with zero attached hydrogens (tertiary/aromatic N) is 3. The van der Waals surface area contributed by atoms with Gasteiger partial charge in [0, 0.05) is 5.56 Å². The summed E-state index contributed by atoms with van der Waals surface area (Å²) in [5, 5.41) is 16.9. The standard InChI is InChI=1S/C16H12FN3O3/c1-23-13-7-2-4-10(8-13)15-14(16(21)22)18-19-20(15)12-6-3-5-11(17)9-12/h2-9H,1H3,(H,21,22). The van der Waals surface area contributed by atoms with Gasteiger partial charge in [0.2, 0.25) is 0 Å². The number of aromatic carboxylic acids is 1. The number of hydrogen-bond donors (Lipinski definition) is 1. The van der Waals surface area contributed by atoms with Crippen molar-refractivity contribution >= 4 is 5.97 Å². The second-order valence-corrected chi connectivity index (χ2v) is 4.72. The van der Waals surface area contributed by atoms with Gasteiger partial charge < -0.3 is 9.84 Å². The zero-order valence-electron chi connectivity index (χ0n) is 12.1. The lowest BCUT2D eigenvalue weighted by atomic mass is 10.1. The van der Waals surface area contributed by atoms with Gasteiger partial charge in [-0.25, -0.2) is 13.9 Å². The predicted molar refractivity (Wildman–Crippen MR) is 80.3 cm³/mol. The maximum atomic E-state index is 13.5. The number of hydrogen-bond acceptors (Lipinski definition) is 4. The molecule has 0 aliphatic rings. The first-order chi connectivity index (χ1) is 11.1. The second kappa shape index (κ2) is 5.88. The third-order valence-electron chi connectivity index (χ3n) is 3.27. The monoisotopic (exact) mass is 313 g/mol. The third-order valence-corrected chi connectivity index (χ3v) is 3.27. The Morgan fingerprint density at radius 1 is 1.22 bits per heavy atom. The molecule has 23 heavy (non-hydrogen) atoms. The van der Waals surface area contributed by atoms with E-state index in [1.54, 1.807) is 30.3 Å². The number of ether oxygens (including phenoxy) is 1. The van der Waals surface area contributed by atoms with E-state index in [1.165, 1.54) is 30.0 Å². The molecule has 3 rings (SSSR count). The Hall–Kier alpha value is -3.22. The lowest BCUT2D eigenvalue weighted by Crippen LogP contribution is -2.03. The van der Waals surface area contributed by atoms with Crippen molar-refractivity contribution in [1.82, 2.24) is 15.0 Å². The molecular formula is C16H12FN3O3. The van der Waals surface area contributed by atoms with Crippen LogP contribution in [0.1, 0.15) is 10.5 Å². The number of methoxy groups -OCH3 is 1. The van der Waals surface area contributed by atoms with E-state index in [4.69, 9.17) is 4.74 Å². The molecule has 3 aromatic rings. The molecule has 116 valence electrons. The number of rotatable bonds is 4. The van der Waals surface area contributed by atoms with Gasteiger partial charge in [-0.1, -0.05) is 23.4 Å². The van der Waals surface area contributed by atoms with Crippen molar-refractivity contribution in [3.05, 3.63) is 60.0 Å². The van der Waals surface area contributed by atoms with Crippen molar-refractivity contribution in [2.45, 2.75) is 0 Å². The topological polar surface area (TPSA) is 77.2 Å². The fraction of sp³-hybridized carbons (Fsp3) is 0.0625. The number of benzene rings is 2. The molecule has 6 nitrogen and oxygen atoms in total. The molecule has 0 aliphatic carbocycles. The molecule has 0 saturated heterocycles. The molecule has 0 amide bonds. The van der Waals surface area contributed by atoms with Gasteiger partial charge in [-0.3, -0.25) is 0 Å². The normalized spacial score (nSPS) is 10.5. The van der Waals surface area contributed by atoms with Crippen LogP contribution >= 0.6 is 0 Å². The van der Waals surface area contributed by atoms with Crippen molar-refractivity contribution in [1.29, 1.82) is 0 Å². The molecule has 0 aliphatic heterocycles. The Labute approximate surface area is 130 Å². The first kappa shape index (κ1) is 14.7. The van der Waals surface area contributed by atoms with Crippen LogP contribution in [0.15, 0.2) is 48.5 Å². The minimum atomic E-state index is -1.22. The Kier molecular flexibility index (Phi) is 3.76. The zero-order valence-corrected chi connectivity index (χ0v) is 12.1. The van der Waals surface area contributed by atoms with Gasteiger partial charge in [0.1, 0.15) is 17.3 Å². The molecule has 0 bridgehead atoms. The maximum absolute atomic E-state index is 13.5. The van der Waals surface area contributed by atoms with E-state index >= 15 is 0 Å². The first-order valence-corrected chi connectivity index (χ1v) is 6.69. The third kappa shape index (κ3) is 2.76. The minimum Gasteiger partial charge on any atom is -0.497 e. The highest BCUT2D eigenvalue weighted by Crippen LogP contribution is 2.28. The van der Waals surface area contributed by atoms with Gasteiger partial charge in [0.05, 0.1) is 12.8 Å². The Morgan fingerprint density at radius 2 is 2.00 bits per heavy atom. The fourth-order valence-corrected chi connectivity index (χ4v) is 2.24. The summed E-state index contributed by atoms with van der Waals surface area (Å²) in [4.78, 5) is 11.4. The summed E-state index contributed by atoms with van der Waals surface area (Å²) in [5.74, 6) is -1.11. The second-order valence-electron chi connectivity index (χ2n) is 4.72. The lowest BCUT2D eigenvalue weighted by Gasteiger charge is -2.08. The fourth-order valence-electron chi connectivity index (χ4n) is 2.24. The van der Waals surface area contributed by atoms with Crippen molar-refractivity contribution in [2.24, 2.45) is 0 Å². The summed E-state index contributed by atoms with van der Waals surface area (Å²) < 4.78 is 19.9. The van der Waals surface area contributed by atoms with Crippen LogP contribution in [0, 0.1) is 5.82 Å². The van der Waals surface area contributed by atoms with E-state index in [9.17, 15) is 14.3 Å². The van der Waals surface area contributed by atoms with E-state index < -0.39 is 11.8 Å².